The number of rotatable bonds is 5. The molecule has 0 atom stereocenters. The monoisotopic (exact) mass is 428 g/mol. The fraction of sp³-hybridized carbons (Fsp3) is 0.200. The molecule has 0 radical (unpaired) electrons. The molecule has 5 rings (SSSR count). The SMILES string of the molecule is CCSc1ccccc1C(=O)N1Cc2nn(-c3cccc(C)c3)c(-n3cccc3)c2C1. The summed E-state index contributed by atoms with van der Waals surface area (Å²) in [6, 6.07) is 20.2. The van der Waals surface area contributed by atoms with E-state index >= 15 is 0 Å². The lowest BCUT2D eigenvalue weighted by Crippen LogP contribution is -2.27. The Balaban J connectivity index is 1.53. The lowest BCUT2D eigenvalue weighted by atomic mass is 10.2. The highest BCUT2D eigenvalue weighted by Crippen LogP contribution is 2.33. The number of fused-ring (bicyclic) bond motifs is 1. The van der Waals surface area contributed by atoms with Gasteiger partial charge in [-0.25, -0.2) is 4.68 Å². The average molecular weight is 429 g/mol. The van der Waals surface area contributed by atoms with Crippen LogP contribution in [0.15, 0.2) is 78.0 Å². The molecule has 31 heavy (non-hydrogen) atoms. The van der Waals surface area contributed by atoms with Gasteiger partial charge in [-0.1, -0.05) is 31.2 Å². The predicted molar refractivity (Wildman–Crippen MR) is 124 cm³/mol. The highest BCUT2D eigenvalue weighted by molar-refractivity contribution is 7.99. The minimum absolute atomic E-state index is 0.0649. The Morgan fingerprint density at radius 2 is 1.84 bits per heavy atom. The summed E-state index contributed by atoms with van der Waals surface area (Å²) in [7, 11) is 0. The van der Waals surface area contributed by atoms with Crippen molar-refractivity contribution in [2.24, 2.45) is 0 Å². The van der Waals surface area contributed by atoms with E-state index < -0.39 is 0 Å². The number of thioether (sulfide) groups is 1. The Morgan fingerprint density at radius 3 is 2.61 bits per heavy atom. The number of nitrogens with zero attached hydrogens (tertiary/aromatic N) is 4. The van der Waals surface area contributed by atoms with Crippen LogP contribution in [0.3, 0.4) is 0 Å². The quantitative estimate of drug-likeness (QED) is 0.408. The molecule has 0 fully saturated rings. The fourth-order valence-electron chi connectivity index (χ4n) is 4.12. The first-order valence-corrected chi connectivity index (χ1v) is 11.5. The van der Waals surface area contributed by atoms with Crippen molar-refractivity contribution < 1.29 is 4.79 Å². The molecule has 0 saturated carbocycles. The number of carbonyl (C=O) groups is 1. The van der Waals surface area contributed by atoms with Gasteiger partial charge in [0.1, 0.15) is 5.82 Å². The van der Waals surface area contributed by atoms with Crippen LogP contribution in [0.5, 0.6) is 0 Å². The van der Waals surface area contributed by atoms with Gasteiger partial charge in [0.15, 0.2) is 0 Å². The van der Waals surface area contributed by atoms with Crippen LogP contribution in [0.2, 0.25) is 0 Å². The number of hydrogen-bond donors (Lipinski definition) is 0. The number of hydrogen-bond acceptors (Lipinski definition) is 3. The molecule has 2 aromatic carbocycles. The van der Waals surface area contributed by atoms with Gasteiger partial charge in [0, 0.05) is 22.9 Å². The summed E-state index contributed by atoms with van der Waals surface area (Å²) in [5, 5.41) is 4.94. The molecule has 0 N–H and O–H groups in total. The summed E-state index contributed by atoms with van der Waals surface area (Å²) >= 11 is 1.71. The molecule has 4 aromatic rings. The van der Waals surface area contributed by atoms with E-state index in [0.717, 1.165) is 39.0 Å². The first-order valence-electron chi connectivity index (χ1n) is 10.5. The number of carbonyl (C=O) groups excluding carboxylic acids is 1. The third kappa shape index (κ3) is 3.57. The van der Waals surface area contributed by atoms with Crippen molar-refractivity contribution in [1.29, 1.82) is 0 Å². The molecule has 156 valence electrons. The van der Waals surface area contributed by atoms with E-state index in [1.165, 1.54) is 5.56 Å². The molecule has 1 aliphatic rings. The normalized spacial score (nSPS) is 12.9. The standard InChI is InChI=1S/C25H24N4OS/c1-3-31-23-12-5-4-11-20(23)25(30)28-16-21-22(17-28)26-29(19-10-8-9-18(2)15-19)24(21)27-13-6-7-14-27/h4-15H,3,16-17H2,1-2H3. The molecule has 0 bridgehead atoms. The number of aromatic nitrogens is 3. The van der Waals surface area contributed by atoms with Crippen molar-refractivity contribution >= 4 is 17.7 Å². The van der Waals surface area contributed by atoms with Crippen LogP contribution < -0.4 is 0 Å². The van der Waals surface area contributed by atoms with E-state index in [1.54, 1.807) is 11.8 Å². The Labute approximate surface area is 186 Å². The summed E-state index contributed by atoms with van der Waals surface area (Å²) in [4.78, 5) is 16.3. The van der Waals surface area contributed by atoms with Crippen LogP contribution in [0.1, 0.15) is 34.1 Å². The van der Waals surface area contributed by atoms with Gasteiger partial charge in [0.2, 0.25) is 0 Å². The molecule has 1 aliphatic heterocycles. The highest BCUT2D eigenvalue weighted by atomic mass is 32.2. The van der Waals surface area contributed by atoms with Gasteiger partial charge in [-0.2, -0.15) is 5.10 Å². The largest absolute Gasteiger partial charge is 0.328 e. The Hall–Kier alpha value is -3.25. The maximum atomic E-state index is 13.4. The summed E-state index contributed by atoms with van der Waals surface area (Å²) in [5.41, 5.74) is 5.05. The first kappa shape index (κ1) is 19.7. The predicted octanol–water partition coefficient (Wildman–Crippen LogP) is 5.24. The van der Waals surface area contributed by atoms with Crippen LogP contribution >= 0.6 is 11.8 Å². The summed E-state index contributed by atoms with van der Waals surface area (Å²) in [6.45, 7) is 5.27. The number of aryl methyl sites for hydroxylation is 1. The molecule has 3 heterocycles. The molecule has 0 saturated heterocycles. The van der Waals surface area contributed by atoms with Gasteiger partial charge in [0.05, 0.1) is 30.0 Å². The third-order valence-electron chi connectivity index (χ3n) is 5.53. The van der Waals surface area contributed by atoms with Crippen molar-refractivity contribution in [2.45, 2.75) is 31.8 Å². The zero-order valence-corrected chi connectivity index (χ0v) is 18.5. The minimum atomic E-state index is 0.0649. The summed E-state index contributed by atoms with van der Waals surface area (Å²) < 4.78 is 4.09. The van der Waals surface area contributed by atoms with Gasteiger partial charge in [-0.3, -0.25) is 4.79 Å². The molecule has 1 amide bonds. The van der Waals surface area contributed by atoms with E-state index in [2.05, 4.69) is 42.7 Å². The van der Waals surface area contributed by atoms with Gasteiger partial charge in [-0.15, -0.1) is 11.8 Å². The Morgan fingerprint density at radius 1 is 1.03 bits per heavy atom. The van der Waals surface area contributed by atoms with Crippen LogP contribution in [-0.2, 0) is 13.1 Å². The maximum Gasteiger partial charge on any atom is 0.255 e. The van der Waals surface area contributed by atoms with E-state index in [1.807, 2.05) is 58.4 Å². The van der Waals surface area contributed by atoms with Crippen LogP contribution in [0.4, 0.5) is 0 Å². The fourth-order valence-corrected chi connectivity index (χ4v) is 4.92. The summed E-state index contributed by atoms with van der Waals surface area (Å²) in [6.07, 6.45) is 4.06. The molecule has 0 spiro atoms. The van der Waals surface area contributed by atoms with Crippen LogP contribution in [-0.4, -0.2) is 30.9 Å². The molecular weight excluding hydrogens is 404 g/mol. The zero-order valence-electron chi connectivity index (χ0n) is 17.7. The third-order valence-corrected chi connectivity index (χ3v) is 6.48. The van der Waals surface area contributed by atoms with Crippen molar-refractivity contribution in [3.63, 3.8) is 0 Å². The van der Waals surface area contributed by atoms with Gasteiger partial charge < -0.3 is 9.47 Å². The molecule has 0 unspecified atom stereocenters. The van der Waals surface area contributed by atoms with Crippen molar-refractivity contribution in [3.8, 4) is 11.5 Å². The van der Waals surface area contributed by atoms with Gasteiger partial charge in [0.25, 0.3) is 5.91 Å². The van der Waals surface area contributed by atoms with E-state index in [9.17, 15) is 4.79 Å². The second-order valence-corrected chi connectivity index (χ2v) is 8.99. The molecule has 5 nitrogen and oxygen atoms in total. The second kappa shape index (κ2) is 8.12. The lowest BCUT2D eigenvalue weighted by Gasteiger charge is -2.19. The molecule has 0 aliphatic carbocycles. The molecule has 2 aromatic heterocycles. The molecule has 6 heteroatoms. The highest BCUT2D eigenvalue weighted by Gasteiger charge is 2.32. The van der Waals surface area contributed by atoms with Crippen LogP contribution in [0, 0.1) is 6.92 Å². The van der Waals surface area contributed by atoms with E-state index in [0.29, 0.717) is 13.1 Å². The lowest BCUT2D eigenvalue weighted by molar-refractivity contribution is 0.0745. The topological polar surface area (TPSA) is 43.1 Å². The van der Waals surface area contributed by atoms with Gasteiger partial charge in [-0.05, 0) is 54.6 Å². The number of benzene rings is 2. The van der Waals surface area contributed by atoms with E-state index in [4.69, 9.17) is 5.10 Å². The first-order chi connectivity index (χ1) is 15.2. The van der Waals surface area contributed by atoms with E-state index in [-0.39, 0.29) is 5.91 Å². The Bertz CT molecular complexity index is 1240. The Kier molecular flexibility index (Phi) is 5.16. The maximum absolute atomic E-state index is 13.4. The average Bonchev–Trinajstić information content (AvgIpc) is 3.50. The van der Waals surface area contributed by atoms with Crippen molar-refractivity contribution in [3.05, 3.63) is 95.4 Å². The summed E-state index contributed by atoms with van der Waals surface area (Å²) in [5.74, 6) is 2.00. The zero-order chi connectivity index (χ0) is 21.4. The molecular formula is C25H24N4OS. The minimum Gasteiger partial charge on any atom is -0.328 e. The smallest absolute Gasteiger partial charge is 0.255 e. The number of amides is 1. The van der Waals surface area contributed by atoms with Crippen molar-refractivity contribution in [2.75, 3.05) is 5.75 Å². The van der Waals surface area contributed by atoms with Gasteiger partial charge >= 0.3 is 0 Å². The van der Waals surface area contributed by atoms with Crippen molar-refractivity contribution in [1.82, 2.24) is 19.2 Å². The second-order valence-electron chi connectivity index (χ2n) is 7.68. The van der Waals surface area contributed by atoms with Crippen LogP contribution in [0.25, 0.3) is 11.5 Å².